The van der Waals surface area contributed by atoms with E-state index in [0.29, 0.717) is 6.42 Å². The zero-order chi connectivity index (χ0) is 10.8. The SMILES string of the molecule is Cc1[nH]c2ccccc2c1[C@H](N)CCO. The molecule has 0 saturated heterocycles. The van der Waals surface area contributed by atoms with E-state index in [4.69, 9.17) is 10.8 Å². The number of nitrogens with one attached hydrogen (secondary N) is 1. The van der Waals surface area contributed by atoms with E-state index in [0.717, 1.165) is 22.2 Å². The molecule has 0 aliphatic rings. The van der Waals surface area contributed by atoms with Gasteiger partial charge in [-0.3, -0.25) is 0 Å². The average molecular weight is 204 g/mol. The van der Waals surface area contributed by atoms with E-state index in [9.17, 15) is 0 Å². The Morgan fingerprint density at radius 2 is 2.13 bits per heavy atom. The van der Waals surface area contributed by atoms with Crippen molar-refractivity contribution in [3.8, 4) is 0 Å². The van der Waals surface area contributed by atoms with Crippen molar-refractivity contribution >= 4 is 10.9 Å². The van der Waals surface area contributed by atoms with E-state index >= 15 is 0 Å². The van der Waals surface area contributed by atoms with Gasteiger partial charge in [0.2, 0.25) is 0 Å². The number of hydrogen-bond acceptors (Lipinski definition) is 2. The second-order valence-corrected chi connectivity index (χ2v) is 3.83. The van der Waals surface area contributed by atoms with Gasteiger partial charge < -0.3 is 15.8 Å². The highest BCUT2D eigenvalue weighted by Crippen LogP contribution is 2.27. The number of aromatic nitrogens is 1. The smallest absolute Gasteiger partial charge is 0.0459 e. The standard InChI is InChI=1S/C12H16N2O/c1-8-12(10(13)6-7-15)9-4-2-3-5-11(9)14-8/h2-5,10,14-15H,6-7,13H2,1H3/t10-/m1/s1. The number of aryl methyl sites for hydroxylation is 1. The van der Waals surface area contributed by atoms with E-state index < -0.39 is 0 Å². The third kappa shape index (κ3) is 1.76. The van der Waals surface area contributed by atoms with Crippen LogP contribution in [0.5, 0.6) is 0 Å². The van der Waals surface area contributed by atoms with Gasteiger partial charge in [-0.2, -0.15) is 0 Å². The topological polar surface area (TPSA) is 62.0 Å². The summed E-state index contributed by atoms with van der Waals surface area (Å²) in [6.45, 7) is 2.15. The summed E-state index contributed by atoms with van der Waals surface area (Å²) in [6.07, 6.45) is 0.600. The fourth-order valence-corrected chi connectivity index (χ4v) is 2.06. The Bertz CT molecular complexity index is 462. The summed E-state index contributed by atoms with van der Waals surface area (Å²) >= 11 is 0. The monoisotopic (exact) mass is 204 g/mol. The molecule has 0 bridgehead atoms. The fourth-order valence-electron chi connectivity index (χ4n) is 2.06. The molecule has 0 amide bonds. The minimum Gasteiger partial charge on any atom is -0.396 e. The minimum absolute atomic E-state index is 0.0915. The predicted octanol–water partition coefficient (Wildman–Crippen LogP) is 1.86. The number of aliphatic hydroxyl groups excluding tert-OH is 1. The Kier molecular flexibility index (Phi) is 2.75. The number of aliphatic hydroxyl groups is 1. The van der Waals surface area contributed by atoms with Crippen LogP contribution in [0.25, 0.3) is 10.9 Å². The molecular formula is C12H16N2O. The van der Waals surface area contributed by atoms with Crippen LogP contribution in [0.4, 0.5) is 0 Å². The van der Waals surface area contributed by atoms with Crippen molar-refractivity contribution in [1.29, 1.82) is 0 Å². The zero-order valence-corrected chi connectivity index (χ0v) is 8.83. The van der Waals surface area contributed by atoms with Crippen LogP contribution in [-0.4, -0.2) is 16.7 Å². The molecule has 0 fully saturated rings. The second kappa shape index (κ2) is 4.04. The number of benzene rings is 1. The van der Waals surface area contributed by atoms with Crippen LogP contribution >= 0.6 is 0 Å². The average Bonchev–Trinajstić information content (AvgIpc) is 2.54. The first-order valence-electron chi connectivity index (χ1n) is 5.17. The van der Waals surface area contributed by atoms with E-state index in [1.807, 2.05) is 25.1 Å². The molecule has 2 rings (SSSR count). The van der Waals surface area contributed by atoms with Gasteiger partial charge in [-0.05, 0) is 25.0 Å². The number of rotatable bonds is 3. The normalized spacial score (nSPS) is 13.3. The van der Waals surface area contributed by atoms with Gasteiger partial charge in [0.05, 0.1) is 0 Å². The number of hydrogen-bond donors (Lipinski definition) is 3. The molecule has 3 nitrogen and oxygen atoms in total. The molecule has 1 atom stereocenters. The summed E-state index contributed by atoms with van der Waals surface area (Å²) < 4.78 is 0. The lowest BCUT2D eigenvalue weighted by Gasteiger charge is -2.10. The summed E-state index contributed by atoms with van der Waals surface area (Å²) in [4.78, 5) is 3.30. The summed E-state index contributed by atoms with van der Waals surface area (Å²) in [5, 5.41) is 10.1. The van der Waals surface area contributed by atoms with Gasteiger partial charge in [0.15, 0.2) is 0 Å². The Labute approximate surface area is 88.9 Å². The molecule has 1 heterocycles. The second-order valence-electron chi connectivity index (χ2n) is 3.83. The van der Waals surface area contributed by atoms with E-state index in [2.05, 4.69) is 11.1 Å². The van der Waals surface area contributed by atoms with Gasteiger partial charge in [0, 0.05) is 29.2 Å². The highest BCUT2D eigenvalue weighted by atomic mass is 16.3. The maximum absolute atomic E-state index is 8.91. The molecule has 1 aromatic heterocycles. The maximum Gasteiger partial charge on any atom is 0.0459 e. The fraction of sp³-hybridized carbons (Fsp3) is 0.333. The van der Waals surface area contributed by atoms with E-state index in [-0.39, 0.29) is 12.6 Å². The zero-order valence-electron chi connectivity index (χ0n) is 8.83. The van der Waals surface area contributed by atoms with Crippen molar-refractivity contribution in [3.05, 3.63) is 35.5 Å². The van der Waals surface area contributed by atoms with Crippen molar-refractivity contribution in [3.63, 3.8) is 0 Å². The lowest BCUT2D eigenvalue weighted by atomic mass is 10.0. The molecule has 15 heavy (non-hydrogen) atoms. The predicted molar refractivity (Wildman–Crippen MR) is 61.7 cm³/mol. The third-order valence-electron chi connectivity index (χ3n) is 2.75. The Hall–Kier alpha value is -1.32. The van der Waals surface area contributed by atoms with Gasteiger partial charge in [-0.1, -0.05) is 18.2 Å². The highest BCUT2D eigenvalue weighted by Gasteiger charge is 2.14. The molecule has 0 radical (unpaired) electrons. The highest BCUT2D eigenvalue weighted by molar-refractivity contribution is 5.85. The molecular weight excluding hydrogens is 188 g/mol. The van der Waals surface area contributed by atoms with Gasteiger partial charge in [-0.15, -0.1) is 0 Å². The summed E-state index contributed by atoms with van der Waals surface area (Å²) in [5.41, 5.74) is 9.37. The quantitative estimate of drug-likeness (QED) is 0.714. The van der Waals surface area contributed by atoms with Crippen LogP contribution < -0.4 is 5.73 Å². The van der Waals surface area contributed by atoms with Gasteiger partial charge in [0.25, 0.3) is 0 Å². The Balaban J connectivity index is 2.53. The van der Waals surface area contributed by atoms with Gasteiger partial charge in [-0.25, -0.2) is 0 Å². The maximum atomic E-state index is 8.91. The summed E-state index contributed by atoms with van der Waals surface area (Å²) in [5.74, 6) is 0. The van der Waals surface area contributed by atoms with Crippen molar-refractivity contribution in [1.82, 2.24) is 4.98 Å². The number of aromatic amines is 1. The first-order valence-corrected chi connectivity index (χ1v) is 5.17. The molecule has 0 unspecified atom stereocenters. The summed E-state index contributed by atoms with van der Waals surface area (Å²) in [7, 11) is 0. The van der Waals surface area contributed by atoms with Gasteiger partial charge >= 0.3 is 0 Å². The molecule has 1 aromatic carbocycles. The largest absolute Gasteiger partial charge is 0.396 e. The molecule has 0 aliphatic heterocycles. The van der Waals surface area contributed by atoms with Crippen LogP contribution in [0.1, 0.15) is 23.7 Å². The lowest BCUT2D eigenvalue weighted by molar-refractivity contribution is 0.276. The number of nitrogens with two attached hydrogens (primary N) is 1. The van der Waals surface area contributed by atoms with Crippen LogP contribution in [0, 0.1) is 6.92 Å². The van der Waals surface area contributed by atoms with Crippen molar-refractivity contribution in [2.75, 3.05) is 6.61 Å². The Morgan fingerprint density at radius 1 is 1.40 bits per heavy atom. The molecule has 0 aliphatic carbocycles. The molecule has 0 spiro atoms. The summed E-state index contributed by atoms with van der Waals surface area (Å²) in [6, 6.07) is 8.01. The van der Waals surface area contributed by atoms with Crippen LogP contribution in [0.2, 0.25) is 0 Å². The first-order chi connectivity index (χ1) is 7.24. The van der Waals surface area contributed by atoms with Crippen molar-refractivity contribution < 1.29 is 5.11 Å². The molecule has 0 saturated carbocycles. The van der Waals surface area contributed by atoms with Crippen LogP contribution in [0.3, 0.4) is 0 Å². The van der Waals surface area contributed by atoms with Crippen LogP contribution in [-0.2, 0) is 0 Å². The molecule has 2 aromatic rings. The number of H-pyrrole nitrogens is 1. The van der Waals surface area contributed by atoms with Crippen molar-refractivity contribution in [2.24, 2.45) is 5.73 Å². The third-order valence-corrected chi connectivity index (χ3v) is 2.75. The van der Waals surface area contributed by atoms with Crippen LogP contribution in [0.15, 0.2) is 24.3 Å². The first kappa shape index (κ1) is 10.2. The van der Waals surface area contributed by atoms with Crippen molar-refractivity contribution in [2.45, 2.75) is 19.4 Å². The number of para-hydroxylation sites is 1. The molecule has 4 N–H and O–H groups in total. The molecule has 3 heteroatoms. The molecule has 80 valence electrons. The van der Waals surface area contributed by atoms with E-state index in [1.54, 1.807) is 0 Å². The minimum atomic E-state index is -0.0915. The number of fused-ring (bicyclic) bond motifs is 1. The lowest BCUT2D eigenvalue weighted by Crippen LogP contribution is -2.12. The van der Waals surface area contributed by atoms with Gasteiger partial charge in [0.1, 0.15) is 0 Å². The van der Waals surface area contributed by atoms with E-state index in [1.165, 1.54) is 0 Å². The Morgan fingerprint density at radius 3 is 2.87 bits per heavy atom.